The summed E-state index contributed by atoms with van der Waals surface area (Å²) in [5, 5.41) is 10.9. The molecule has 0 amide bonds. The van der Waals surface area contributed by atoms with Crippen LogP contribution in [0.25, 0.3) is 0 Å². The van der Waals surface area contributed by atoms with Crippen molar-refractivity contribution in [3.05, 3.63) is 22.8 Å². The van der Waals surface area contributed by atoms with E-state index in [1.807, 2.05) is 0 Å². The van der Waals surface area contributed by atoms with Crippen LogP contribution in [0.2, 0.25) is 0 Å². The molecule has 0 aromatic rings. The van der Waals surface area contributed by atoms with Crippen LogP contribution in [0, 0.1) is 33.5 Å². The lowest BCUT2D eigenvalue weighted by Crippen LogP contribution is -2.56. The summed E-state index contributed by atoms with van der Waals surface area (Å²) in [5.74, 6) is -0.0727. The Morgan fingerprint density at radius 3 is 2.41 bits per heavy atom. The molecule has 1 aliphatic heterocycles. The summed E-state index contributed by atoms with van der Waals surface area (Å²) in [5.41, 5.74) is 2.44. The Kier molecular flexibility index (Phi) is 6.15. The number of esters is 2. The fraction of sp³-hybridized carbons (Fsp3) is 0.812. The monoisotopic (exact) mass is 512 g/mol. The number of allylic oxidation sites excluding steroid dienone is 4. The summed E-state index contributed by atoms with van der Waals surface area (Å²) < 4.78 is 12.4. The van der Waals surface area contributed by atoms with Crippen molar-refractivity contribution < 1.29 is 24.2 Å². The van der Waals surface area contributed by atoms with Gasteiger partial charge in [0.2, 0.25) is 0 Å². The summed E-state index contributed by atoms with van der Waals surface area (Å²) in [7, 11) is 0. The van der Waals surface area contributed by atoms with E-state index in [1.54, 1.807) is 0 Å². The van der Waals surface area contributed by atoms with E-state index in [1.165, 1.54) is 23.6 Å². The molecule has 4 aliphatic carbocycles. The van der Waals surface area contributed by atoms with Crippen LogP contribution >= 0.6 is 0 Å². The van der Waals surface area contributed by atoms with Crippen LogP contribution in [-0.2, 0) is 19.1 Å². The predicted molar refractivity (Wildman–Crippen MR) is 143 cm³/mol. The lowest BCUT2D eigenvalue weighted by molar-refractivity contribution is -0.160. The van der Waals surface area contributed by atoms with Crippen molar-refractivity contribution in [2.24, 2.45) is 33.5 Å². The van der Waals surface area contributed by atoms with E-state index in [0.29, 0.717) is 12.3 Å². The van der Waals surface area contributed by atoms with Gasteiger partial charge in [0.05, 0.1) is 17.4 Å². The Morgan fingerprint density at radius 1 is 1.05 bits per heavy atom. The number of cyclic esters (lactones) is 1. The molecular formula is C32H48O5. The second-order valence-corrected chi connectivity index (χ2v) is 14.5. The van der Waals surface area contributed by atoms with Crippen molar-refractivity contribution in [3.8, 4) is 0 Å². The average molecular weight is 513 g/mol. The van der Waals surface area contributed by atoms with Crippen molar-refractivity contribution in [2.45, 2.75) is 131 Å². The number of fused-ring (bicyclic) bond motifs is 3. The van der Waals surface area contributed by atoms with Gasteiger partial charge in [0.1, 0.15) is 11.7 Å². The fourth-order valence-electron chi connectivity index (χ4n) is 10.3. The van der Waals surface area contributed by atoms with E-state index in [2.05, 4.69) is 54.5 Å². The number of hydrogen-bond donors (Lipinski definition) is 1. The van der Waals surface area contributed by atoms with Gasteiger partial charge in [-0.3, -0.25) is 9.59 Å². The molecule has 1 spiro atoms. The SMILES string of the molecule is CC(=O)OC1CC2(C)C3=C(CCC24C(=O)OC(C)(CCC=C(C)C)C14)C1(C)CCC(O)C(C)(C)C1CC3. The number of hydrogen-bond acceptors (Lipinski definition) is 5. The third-order valence-corrected chi connectivity index (χ3v) is 12.0. The van der Waals surface area contributed by atoms with Crippen molar-refractivity contribution in [1.82, 2.24) is 0 Å². The van der Waals surface area contributed by atoms with Crippen LogP contribution in [-0.4, -0.2) is 34.9 Å². The lowest BCUT2D eigenvalue weighted by atomic mass is 9.43. The summed E-state index contributed by atoms with van der Waals surface area (Å²) >= 11 is 0. The van der Waals surface area contributed by atoms with Crippen LogP contribution in [0.3, 0.4) is 0 Å². The van der Waals surface area contributed by atoms with Gasteiger partial charge in [-0.05, 0) is 95.3 Å². The lowest BCUT2D eigenvalue weighted by Gasteiger charge is -2.61. The van der Waals surface area contributed by atoms with Crippen LogP contribution < -0.4 is 0 Å². The molecule has 5 rings (SSSR count). The van der Waals surface area contributed by atoms with E-state index in [-0.39, 0.29) is 46.3 Å². The van der Waals surface area contributed by atoms with Crippen molar-refractivity contribution in [3.63, 3.8) is 0 Å². The van der Waals surface area contributed by atoms with Gasteiger partial charge in [-0.2, -0.15) is 0 Å². The zero-order valence-electron chi connectivity index (χ0n) is 24.3. The molecule has 5 aliphatic rings. The van der Waals surface area contributed by atoms with E-state index in [0.717, 1.165) is 51.4 Å². The van der Waals surface area contributed by atoms with Crippen molar-refractivity contribution in [2.75, 3.05) is 0 Å². The standard InChI is InChI=1S/C32H48O5/c1-19(2)10-9-15-31(8)26-23(36-20(3)33)18-30(7)22-11-12-24-28(4,5)25(34)14-16-29(24,6)21(22)13-17-32(26,30)27(35)37-31/h10,23-26,34H,9,11-18H2,1-8H3. The van der Waals surface area contributed by atoms with Gasteiger partial charge in [-0.1, -0.05) is 50.5 Å². The maximum atomic E-state index is 14.1. The Morgan fingerprint density at radius 2 is 1.76 bits per heavy atom. The number of aliphatic hydroxyl groups excluding tert-OH is 1. The highest BCUT2D eigenvalue weighted by Crippen LogP contribution is 2.75. The quantitative estimate of drug-likeness (QED) is 0.336. The Labute approximate surface area is 223 Å². The molecule has 206 valence electrons. The minimum atomic E-state index is -0.656. The molecule has 1 N–H and O–H groups in total. The molecule has 5 nitrogen and oxygen atoms in total. The van der Waals surface area contributed by atoms with Gasteiger partial charge in [-0.15, -0.1) is 0 Å². The van der Waals surface area contributed by atoms with Crippen molar-refractivity contribution >= 4 is 11.9 Å². The average Bonchev–Trinajstić information content (AvgIpc) is 3.17. The van der Waals surface area contributed by atoms with E-state index in [4.69, 9.17) is 9.47 Å². The molecule has 1 heterocycles. The molecule has 8 unspecified atom stereocenters. The van der Waals surface area contributed by atoms with Crippen LogP contribution in [0.4, 0.5) is 0 Å². The second-order valence-electron chi connectivity index (χ2n) is 14.5. The summed E-state index contributed by atoms with van der Waals surface area (Å²) in [6.07, 6.45) is 9.33. The fourth-order valence-corrected chi connectivity index (χ4v) is 10.3. The van der Waals surface area contributed by atoms with Crippen LogP contribution in [0.1, 0.15) is 113 Å². The Balaban J connectivity index is 1.61. The maximum Gasteiger partial charge on any atom is 0.314 e. The third-order valence-electron chi connectivity index (χ3n) is 12.0. The third kappa shape index (κ3) is 3.51. The minimum absolute atomic E-state index is 0.0329. The van der Waals surface area contributed by atoms with Crippen LogP contribution in [0.15, 0.2) is 22.8 Å². The molecule has 5 heteroatoms. The highest BCUT2D eigenvalue weighted by Gasteiger charge is 2.78. The van der Waals surface area contributed by atoms with E-state index < -0.39 is 11.0 Å². The number of aliphatic hydroxyl groups is 1. The summed E-state index contributed by atoms with van der Waals surface area (Å²) in [6, 6.07) is 0. The predicted octanol–water partition coefficient (Wildman–Crippen LogP) is 6.68. The van der Waals surface area contributed by atoms with Gasteiger partial charge in [0.25, 0.3) is 0 Å². The molecule has 3 fully saturated rings. The van der Waals surface area contributed by atoms with E-state index in [9.17, 15) is 14.7 Å². The number of ether oxygens (including phenoxy) is 2. The molecule has 0 aromatic carbocycles. The molecular weight excluding hydrogens is 464 g/mol. The van der Waals surface area contributed by atoms with E-state index >= 15 is 0 Å². The summed E-state index contributed by atoms with van der Waals surface area (Å²) in [4.78, 5) is 26.4. The Hall–Kier alpha value is -1.62. The highest BCUT2D eigenvalue weighted by atomic mass is 16.6. The maximum absolute atomic E-state index is 14.1. The van der Waals surface area contributed by atoms with Gasteiger partial charge in [-0.25, -0.2) is 0 Å². The minimum Gasteiger partial charge on any atom is -0.462 e. The van der Waals surface area contributed by atoms with Gasteiger partial charge < -0.3 is 14.6 Å². The molecule has 0 bridgehead atoms. The number of carbonyl (C=O) groups is 2. The van der Waals surface area contributed by atoms with Crippen LogP contribution in [0.5, 0.6) is 0 Å². The highest BCUT2D eigenvalue weighted by molar-refractivity contribution is 5.84. The molecule has 2 saturated carbocycles. The normalized spacial score (nSPS) is 45.8. The topological polar surface area (TPSA) is 72.8 Å². The first-order valence-corrected chi connectivity index (χ1v) is 14.6. The zero-order chi connectivity index (χ0) is 27.2. The van der Waals surface area contributed by atoms with Gasteiger partial charge in [0, 0.05) is 12.3 Å². The first kappa shape index (κ1) is 27.0. The first-order chi connectivity index (χ1) is 17.1. The molecule has 0 aromatic heterocycles. The smallest absolute Gasteiger partial charge is 0.314 e. The number of carbonyl (C=O) groups excluding carboxylic acids is 2. The Bertz CT molecular complexity index is 1070. The van der Waals surface area contributed by atoms with Gasteiger partial charge in [0.15, 0.2) is 0 Å². The molecule has 37 heavy (non-hydrogen) atoms. The van der Waals surface area contributed by atoms with Crippen molar-refractivity contribution in [1.29, 1.82) is 0 Å². The second kappa shape index (κ2) is 8.44. The zero-order valence-corrected chi connectivity index (χ0v) is 24.3. The summed E-state index contributed by atoms with van der Waals surface area (Å²) in [6.45, 7) is 17.0. The van der Waals surface area contributed by atoms with Gasteiger partial charge >= 0.3 is 11.9 Å². The molecule has 1 saturated heterocycles. The number of rotatable bonds is 4. The molecule has 0 radical (unpaired) electrons. The molecule has 8 atom stereocenters. The largest absolute Gasteiger partial charge is 0.462 e. The first-order valence-electron chi connectivity index (χ1n) is 14.6.